The number of halogens is 1. The first kappa shape index (κ1) is 15.8. The average Bonchev–Trinajstić information content (AvgIpc) is 2.52. The maximum Gasteiger partial charge on any atom is 0.220 e. The van der Waals surface area contributed by atoms with Crippen molar-refractivity contribution >= 4 is 5.91 Å². The molecular weight excluding hydrogens is 271 g/mol. The van der Waals surface area contributed by atoms with Crippen molar-refractivity contribution in [1.82, 2.24) is 10.6 Å². The van der Waals surface area contributed by atoms with Gasteiger partial charge in [0.2, 0.25) is 5.91 Å². The molecule has 0 bridgehead atoms. The second-order valence-corrected chi connectivity index (χ2v) is 5.42. The van der Waals surface area contributed by atoms with Crippen LogP contribution in [0, 0.1) is 11.7 Å². The van der Waals surface area contributed by atoms with Crippen LogP contribution in [0.4, 0.5) is 4.39 Å². The van der Waals surface area contributed by atoms with E-state index in [1.165, 1.54) is 25.0 Å². The fourth-order valence-electron chi connectivity index (χ4n) is 2.40. The molecule has 1 unspecified atom stereocenters. The molecule has 116 valence electrons. The van der Waals surface area contributed by atoms with E-state index in [9.17, 15) is 9.18 Å². The fraction of sp³-hybridized carbons (Fsp3) is 0.562. The zero-order valence-corrected chi connectivity index (χ0v) is 12.2. The molecule has 1 atom stereocenters. The number of nitrogens with one attached hydrogen (secondary N) is 2. The summed E-state index contributed by atoms with van der Waals surface area (Å²) in [6.45, 7) is 3.30. The van der Waals surface area contributed by atoms with Crippen molar-refractivity contribution in [3.63, 3.8) is 0 Å². The first-order valence-corrected chi connectivity index (χ1v) is 7.60. The van der Waals surface area contributed by atoms with Gasteiger partial charge in [0.25, 0.3) is 0 Å². The van der Waals surface area contributed by atoms with Crippen LogP contribution in [-0.4, -0.2) is 32.1 Å². The Morgan fingerprint density at radius 1 is 1.38 bits per heavy atom. The van der Waals surface area contributed by atoms with E-state index in [-0.39, 0.29) is 11.7 Å². The van der Waals surface area contributed by atoms with Crippen molar-refractivity contribution < 1.29 is 13.9 Å². The molecule has 2 N–H and O–H groups in total. The lowest BCUT2D eigenvalue weighted by molar-refractivity contribution is -0.121. The molecule has 4 nitrogen and oxygen atoms in total. The van der Waals surface area contributed by atoms with Crippen LogP contribution in [0.1, 0.15) is 25.7 Å². The smallest absolute Gasteiger partial charge is 0.220 e. The second kappa shape index (κ2) is 8.62. The van der Waals surface area contributed by atoms with Gasteiger partial charge in [-0.2, -0.15) is 0 Å². The monoisotopic (exact) mass is 294 g/mol. The third-order valence-corrected chi connectivity index (χ3v) is 3.62. The maximum atomic E-state index is 12.7. The van der Waals surface area contributed by atoms with Crippen molar-refractivity contribution in [3.05, 3.63) is 30.1 Å². The molecule has 21 heavy (non-hydrogen) atoms. The Morgan fingerprint density at radius 2 is 2.19 bits per heavy atom. The van der Waals surface area contributed by atoms with E-state index in [0.29, 0.717) is 31.1 Å². The van der Waals surface area contributed by atoms with E-state index >= 15 is 0 Å². The minimum atomic E-state index is -0.279. The standard InChI is InChI=1S/C16H23FN2O2/c17-14-5-7-15(8-6-14)21-10-2-4-16(20)19-12-13-3-1-9-18-11-13/h5-8,13,18H,1-4,9-12H2,(H,19,20). The highest BCUT2D eigenvalue weighted by Gasteiger charge is 2.13. The van der Waals surface area contributed by atoms with E-state index in [2.05, 4.69) is 10.6 Å². The van der Waals surface area contributed by atoms with Crippen molar-refractivity contribution in [2.45, 2.75) is 25.7 Å². The second-order valence-electron chi connectivity index (χ2n) is 5.42. The van der Waals surface area contributed by atoms with Crippen LogP contribution in [0.25, 0.3) is 0 Å². The third kappa shape index (κ3) is 6.12. The molecule has 1 aliphatic rings. The fourth-order valence-corrected chi connectivity index (χ4v) is 2.40. The molecule has 1 aliphatic heterocycles. The van der Waals surface area contributed by atoms with Crippen molar-refractivity contribution in [3.8, 4) is 5.75 Å². The van der Waals surface area contributed by atoms with E-state index < -0.39 is 0 Å². The Morgan fingerprint density at radius 3 is 2.90 bits per heavy atom. The minimum Gasteiger partial charge on any atom is -0.494 e. The number of ether oxygens (including phenoxy) is 1. The summed E-state index contributed by atoms with van der Waals surface area (Å²) in [5, 5.41) is 6.31. The molecule has 1 amide bonds. The third-order valence-electron chi connectivity index (χ3n) is 3.62. The lowest BCUT2D eigenvalue weighted by atomic mass is 10.00. The Hall–Kier alpha value is -1.62. The molecule has 1 fully saturated rings. The summed E-state index contributed by atoms with van der Waals surface area (Å²) in [4.78, 5) is 11.7. The van der Waals surface area contributed by atoms with E-state index in [1.54, 1.807) is 12.1 Å². The molecule has 0 spiro atoms. The molecule has 0 saturated carbocycles. The number of hydrogen-bond donors (Lipinski definition) is 2. The van der Waals surface area contributed by atoms with Gasteiger partial charge in [-0.05, 0) is 62.5 Å². The number of carbonyl (C=O) groups is 1. The average molecular weight is 294 g/mol. The Balaban J connectivity index is 1.53. The molecule has 0 aromatic heterocycles. The summed E-state index contributed by atoms with van der Waals surface area (Å²) in [6.07, 6.45) is 3.49. The molecular formula is C16H23FN2O2. The van der Waals surface area contributed by atoms with Gasteiger partial charge < -0.3 is 15.4 Å². The molecule has 0 aliphatic carbocycles. The van der Waals surface area contributed by atoms with E-state index in [0.717, 1.165) is 19.6 Å². The van der Waals surface area contributed by atoms with Crippen molar-refractivity contribution in [2.75, 3.05) is 26.2 Å². The molecule has 1 heterocycles. The number of amides is 1. The van der Waals surface area contributed by atoms with Crippen LogP contribution in [0.2, 0.25) is 0 Å². The molecule has 1 saturated heterocycles. The largest absolute Gasteiger partial charge is 0.494 e. The molecule has 1 aromatic rings. The van der Waals surface area contributed by atoms with E-state index in [4.69, 9.17) is 4.74 Å². The zero-order valence-electron chi connectivity index (χ0n) is 12.2. The Kier molecular flexibility index (Phi) is 6.47. The highest BCUT2D eigenvalue weighted by atomic mass is 19.1. The van der Waals surface area contributed by atoms with Gasteiger partial charge in [0.1, 0.15) is 11.6 Å². The molecule has 0 radical (unpaired) electrons. The quantitative estimate of drug-likeness (QED) is 0.757. The summed E-state index contributed by atoms with van der Waals surface area (Å²) >= 11 is 0. The topological polar surface area (TPSA) is 50.4 Å². The van der Waals surface area contributed by atoms with Gasteiger partial charge in [-0.15, -0.1) is 0 Å². The molecule has 2 rings (SSSR count). The van der Waals surface area contributed by atoms with Gasteiger partial charge in [0, 0.05) is 13.0 Å². The Bertz CT molecular complexity index is 430. The lowest BCUT2D eigenvalue weighted by Gasteiger charge is -2.22. The van der Waals surface area contributed by atoms with Gasteiger partial charge in [-0.3, -0.25) is 4.79 Å². The van der Waals surface area contributed by atoms with Gasteiger partial charge in [-0.25, -0.2) is 4.39 Å². The van der Waals surface area contributed by atoms with Crippen LogP contribution >= 0.6 is 0 Å². The van der Waals surface area contributed by atoms with Crippen LogP contribution in [0.5, 0.6) is 5.75 Å². The van der Waals surface area contributed by atoms with Crippen molar-refractivity contribution in [2.24, 2.45) is 5.92 Å². The van der Waals surface area contributed by atoms with Crippen molar-refractivity contribution in [1.29, 1.82) is 0 Å². The number of rotatable bonds is 7. The van der Waals surface area contributed by atoms with E-state index in [1.807, 2.05) is 0 Å². The summed E-state index contributed by atoms with van der Waals surface area (Å²) in [5.41, 5.74) is 0. The summed E-state index contributed by atoms with van der Waals surface area (Å²) < 4.78 is 18.2. The number of piperidine rings is 1. The number of hydrogen-bond acceptors (Lipinski definition) is 3. The minimum absolute atomic E-state index is 0.0725. The van der Waals surface area contributed by atoms with Crippen LogP contribution in [0.15, 0.2) is 24.3 Å². The zero-order chi connectivity index (χ0) is 14.9. The summed E-state index contributed by atoms with van der Waals surface area (Å²) in [5.74, 6) is 0.977. The normalized spacial score (nSPS) is 18.2. The first-order valence-electron chi connectivity index (χ1n) is 7.60. The highest BCUT2D eigenvalue weighted by molar-refractivity contribution is 5.75. The summed E-state index contributed by atoms with van der Waals surface area (Å²) in [6, 6.07) is 5.90. The highest BCUT2D eigenvalue weighted by Crippen LogP contribution is 2.11. The van der Waals surface area contributed by atoms with Crippen LogP contribution < -0.4 is 15.4 Å². The van der Waals surface area contributed by atoms with Gasteiger partial charge in [-0.1, -0.05) is 0 Å². The number of carbonyl (C=O) groups excluding carboxylic acids is 1. The SMILES string of the molecule is O=C(CCCOc1ccc(F)cc1)NCC1CCCNC1. The predicted octanol–water partition coefficient (Wildman–Crippen LogP) is 2.10. The van der Waals surface area contributed by atoms with Gasteiger partial charge in [0.15, 0.2) is 0 Å². The van der Waals surface area contributed by atoms with Gasteiger partial charge in [0.05, 0.1) is 6.61 Å². The first-order chi connectivity index (χ1) is 10.2. The van der Waals surface area contributed by atoms with Crippen LogP contribution in [0.3, 0.4) is 0 Å². The van der Waals surface area contributed by atoms with Gasteiger partial charge >= 0.3 is 0 Å². The molecule has 1 aromatic carbocycles. The molecule has 5 heteroatoms. The van der Waals surface area contributed by atoms with Crippen LogP contribution in [-0.2, 0) is 4.79 Å². The lowest BCUT2D eigenvalue weighted by Crippen LogP contribution is -2.38. The summed E-state index contributed by atoms with van der Waals surface area (Å²) in [7, 11) is 0. The predicted molar refractivity (Wildman–Crippen MR) is 79.7 cm³/mol. The Labute approximate surface area is 125 Å². The maximum absolute atomic E-state index is 12.7. The number of benzene rings is 1.